The molecule has 2 unspecified atom stereocenters. The zero-order valence-corrected chi connectivity index (χ0v) is 11.1. The lowest BCUT2D eigenvalue weighted by Gasteiger charge is -2.46. The molecule has 0 aromatic heterocycles. The fourth-order valence-corrected chi connectivity index (χ4v) is 3.22. The van der Waals surface area contributed by atoms with Crippen molar-refractivity contribution in [2.45, 2.75) is 32.2 Å². The van der Waals surface area contributed by atoms with Gasteiger partial charge in [-0.1, -0.05) is 6.92 Å². The molecule has 0 radical (unpaired) electrons. The molecular weight excluding hydrogens is 214 g/mol. The van der Waals surface area contributed by atoms with Crippen molar-refractivity contribution in [2.24, 2.45) is 5.92 Å². The first kappa shape index (κ1) is 12.8. The molecule has 98 valence electrons. The maximum absolute atomic E-state index is 12.0. The Bertz CT molecular complexity index is 269. The standard InChI is InChI=1S/C13H25N3O/c1-3-14-9-13(17)16-8-6-12-11(10-16)5-4-7-15(12)2/h11-12,14H,3-10H2,1-2H3. The summed E-state index contributed by atoms with van der Waals surface area (Å²) in [6.07, 6.45) is 3.73. The van der Waals surface area contributed by atoms with Crippen molar-refractivity contribution in [2.75, 3.05) is 39.8 Å². The third-order valence-electron chi connectivity index (χ3n) is 4.22. The summed E-state index contributed by atoms with van der Waals surface area (Å²) < 4.78 is 0. The van der Waals surface area contributed by atoms with Gasteiger partial charge in [0.15, 0.2) is 0 Å². The van der Waals surface area contributed by atoms with Gasteiger partial charge in [0.25, 0.3) is 0 Å². The molecule has 0 aliphatic carbocycles. The minimum atomic E-state index is 0.276. The monoisotopic (exact) mass is 239 g/mol. The fraction of sp³-hybridized carbons (Fsp3) is 0.923. The molecule has 2 aliphatic heterocycles. The smallest absolute Gasteiger partial charge is 0.236 e. The zero-order chi connectivity index (χ0) is 12.3. The van der Waals surface area contributed by atoms with Crippen LogP contribution in [0, 0.1) is 5.92 Å². The van der Waals surface area contributed by atoms with Crippen molar-refractivity contribution in [1.82, 2.24) is 15.1 Å². The number of rotatable bonds is 3. The third-order valence-corrected chi connectivity index (χ3v) is 4.22. The van der Waals surface area contributed by atoms with E-state index in [0.717, 1.165) is 26.1 Å². The Morgan fingerprint density at radius 2 is 2.18 bits per heavy atom. The van der Waals surface area contributed by atoms with E-state index < -0.39 is 0 Å². The molecule has 2 atom stereocenters. The van der Waals surface area contributed by atoms with E-state index in [2.05, 4.69) is 22.2 Å². The summed E-state index contributed by atoms with van der Waals surface area (Å²) in [5.74, 6) is 0.978. The molecule has 1 amide bonds. The summed E-state index contributed by atoms with van der Waals surface area (Å²) in [6, 6.07) is 0.715. The first-order chi connectivity index (χ1) is 8.22. The van der Waals surface area contributed by atoms with Gasteiger partial charge in [-0.3, -0.25) is 4.79 Å². The number of fused-ring (bicyclic) bond motifs is 1. The fourth-order valence-electron chi connectivity index (χ4n) is 3.22. The van der Waals surface area contributed by atoms with Crippen LogP contribution in [-0.2, 0) is 4.79 Å². The highest BCUT2D eigenvalue weighted by Gasteiger charge is 2.35. The van der Waals surface area contributed by atoms with Crippen LogP contribution in [0.4, 0.5) is 0 Å². The highest BCUT2D eigenvalue weighted by molar-refractivity contribution is 5.78. The Hall–Kier alpha value is -0.610. The van der Waals surface area contributed by atoms with Crippen LogP contribution in [0.3, 0.4) is 0 Å². The van der Waals surface area contributed by atoms with Gasteiger partial charge >= 0.3 is 0 Å². The predicted molar refractivity (Wildman–Crippen MR) is 68.9 cm³/mol. The summed E-state index contributed by atoms with van der Waals surface area (Å²) in [5, 5.41) is 3.12. The van der Waals surface area contributed by atoms with E-state index in [1.54, 1.807) is 0 Å². The normalized spacial score (nSPS) is 30.1. The molecule has 1 N–H and O–H groups in total. The molecular formula is C13H25N3O. The second-order valence-electron chi connectivity index (χ2n) is 5.36. The Morgan fingerprint density at radius 1 is 1.35 bits per heavy atom. The first-order valence-electron chi connectivity index (χ1n) is 6.91. The molecule has 2 saturated heterocycles. The first-order valence-corrected chi connectivity index (χ1v) is 6.91. The summed E-state index contributed by atoms with van der Waals surface area (Å²) >= 11 is 0. The minimum Gasteiger partial charge on any atom is -0.341 e. The number of amides is 1. The Labute approximate surface area is 104 Å². The highest BCUT2D eigenvalue weighted by atomic mass is 16.2. The average Bonchev–Trinajstić information content (AvgIpc) is 2.36. The van der Waals surface area contributed by atoms with Crippen LogP contribution in [0.2, 0.25) is 0 Å². The minimum absolute atomic E-state index is 0.276. The van der Waals surface area contributed by atoms with Crippen molar-refractivity contribution in [3.63, 3.8) is 0 Å². The second kappa shape index (κ2) is 5.83. The Morgan fingerprint density at radius 3 is 2.94 bits per heavy atom. The van der Waals surface area contributed by atoms with Gasteiger partial charge in [0.05, 0.1) is 6.54 Å². The molecule has 2 aliphatic rings. The molecule has 17 heavy (non-hydrogen) atoms. The number of likely N-dealkylation sites (tertiary alicyclic amines) is 2. The van der Waals surface area contributed by atoms with Gasteiger partial charge in [0, 0.05) is 19.1 Å². The van der Waals surface area contributed by atoms with Crippen LogP contribution in [0.1, 0.15) is 26.2 Å². The van der Waals surface area contributed by atoms with Gasteiger partial charge < -0.3 is 15.1 Å². The van der Waals surface area contributed by atoms with Crippen LogP contribution in [-0.4, -0.2) is 61.5 Å². The lowest BCUT2D eigenvalue weighted by atomic mass is 9.84. The lowest BCUT2D eigenvalue weighted by molar-refractivity contribution is -0.133. The molecule has 2 fully saturated rings. The average molecular weight is 239 g/mol. The van der Waals surface area contributed by atoms with Crippen molar-refractivity contribution < 1.29 is 4.79 Å². The molecule has 2 rings (SSSR count). The van der Waals surface area contributed by atoms with Gasteiger partial charge in [-0.25, -0.2) is 0 Å². The molecule has 4 heteroatoms. The van der Waals surface area contributed by atoms with E-state index in [1.807, 2.05) is 6.92 Å². The van der Waals surface area contributed by atoms with Crippen molar-refractivity contribution in [3.8, 4) is 0 Å². The number of hydrogen-bond acceptors (Lipinski definition) is 3. The van der Waals surface area contributed by atoms with Crippen LogP contribution in [0.5, 0.6) is 0 Å². The van der Waals surface area contributed by atoms with Crippen LogP contribution in [0.25, 0.3) is 0 Å². The SMILES string of the molecule is CCNCC(=O)N1CCC2C(CCCN2C)C1. The van der Waals surface area contributed by atoms with Gasteiger partial charge in [0.2, 0.25) is 5.91 Å². The molecule has 0 aromatic rings. The van der Waals surface area contributed by atoms with Crippen LogP contribution < -0.4 is 5.32 Å². The maximum Gasteiger partial charge on any atom is 0.236 e. The number of nitrogens with one attached hydrogen (secondary N) is 1. The van der Waals surface area contributed by atoms with E-state index in [9.17, 15) is 4.79 Å². The van der Waals surface area contributed by atoms with E-state index in [1.165, 1.54) is 19.4 Å². The van der Waals surface area contributed by atoms with E-state index >= 15 is 0 Å². The van der Waals surface area contributed by atoms with Crippen molar-refractivity contribution >= 4 is 5.91 Å². The molecule has 0 spiro atoms. The second-order valence-corrected chi connectivity index (χ2v) is 5.36. The number of carbonyl (C=O) groups is 1. The molecule has 0 aromatic carbocycles. The molecule has 2 heterocycles. The van der Waals surface area contributed by atoms with Crippen LogP contribution in [0.15, 0.2) is 0 Å². The number of carbonyl (C=O) groups excluding carboxylic acids is 1. The van der Waals surface area contributed by atoms with E-state index in [-0.39, 0.29) is 5.91 Å². The van der Waals surface area contributed by atoms with Gasteiger partial charge in [0.1, 0.15) is 0 Å². The van der Waals surface area contributed by atoms with Crippen molar-refractivity contribution in [1.29, 1.82) is 0 Å². The van der Waals surface area contributed by atoms with Crippen LogP contribution >= 0.6 is 0 Å². The number of piperidine rings is 2. The van der Waals surface area contributed by atoms with E-state index in [4.69, 9.17) is 0 Å². The van der Waals surface area contributed by atoms with Gasteiger partial charge in [-0.2, -0.15) is 0 Å². The van der Waals surface area contributed by atoms with Gasteiger partial charge in [-0.15, -0.1) is 0 Å². The summed E-state index contributed by atoms with van der Waals surface area (Å²) in [6.45, 7) is 6.55. The number of nitrogens with zero attached hydrogens (tertiary/aromatic N) is 2. The van der Waals surface area contributed by atoms with Gasteiger partial charge in [-0.05, 0) is 45.3 Å². The Balaban J connectivity index is 1.86. The summed E-state index contributed by atoms with van der Waals surface area (Å²) in [4.78, 5) is 16.5. The largest absolute Gasteiger partial charge is 0.341 e. The molecule has 0 saturated carbocycles. The lowest BCUT2D eigenvalue weighted by Crippen LogP contribution is -2.55. The summed E-state index contributed by atoms with van der Waals surface area (Å²) in [5.41, 5.74) is 0. The predicted octanol–water partition coefficient (Wildman–Crippen LogP) is 0.539. The highest BCUT2D eigenvalue weighted by Crippen LogP contribution is 2.29. The number of likely N-dealkylation sites (N-methyl/N-ethyl adjacent to an activating group) is 1. The molecule has 0 bridgehead atoms. The molecule has 4 nitrogen and oxygen atoms in total. The zero-order valence-electron chi connectivity index (χ0n) is 11.1. The third kappa shape index (κ3) is 2.99. The Kier molecular flexibility index (Phi) is 4.40. The number of hydrogen-bond donors (Lipinski definition) is 1. The quantitative estimate of drug-likeness (QED) is 0.781. The van der Waals surface area contributed by atoms with Crippen molar-refractivity contribution in [3.05, 3.63) is 0 Å². The topological polar surface area (TPSA) is 35.6 Å². The summed E-state index contributed by atoms with van der Waals surface area (Å²) in [7, 11) is 2.23. The maximum atomic E-state index is 12.0. The van der Waals surface area contributed by atoms with E-state index in [0.29, 0.717) is 18.5 Å².